The van der Waals surface area contributed by atoms with Crippen molar-refractivity contribution in [2.75, 3.05) is 6.54 Å². The van der Waals surface area contributed by atoms with E-state index in [4.69, 9.17) is 0 Å². The van der Waals surface area contributed by atoms with Gasteiger partial charge in [-0.3, -0.25) is 19.5 Å². The molecule has 0 unspecified atom stereocenters. The molecule has 1 aromatic heterocycles. The molecule has 2 aliphatic rings. The normalized spacial score (nSPS) is 26.0. The maximum atomic E-state index is 12.8. The van der Waals surface area contributed by atoms with E-state index in [9.17, 15) is 14.4 Å². The summed E-state index contributed by atoms with van der Waals surface area (Å²) in [4.78, 5) is 42.1. The first kappa shape index (κ1) is 17.4. The minimum Gasteiger partial charge on any atom is -0.350 e. The molecule has 0 bridgehead atoms. The number of hydrogen-bond acceptors (Lipinski definition) is 4. The standard InChI is InChI=1S/C18H24N4O3/c1-2-13-3-7-18(8-4-13)16(24)22(17(25)21-18)12-15(23)20-11-14-5-9-19-10-6-14/h5-6,9-10,13H,2-4,7-8,11-12H2,1H3,(H,20,23)(H,21,25). The molecular formula is C18H24N4O3. The second-order valence-electron chi connectivity index (χ2n) is 6.89. The minimum absolute atomic E-state index is 0.241. The number of amides is 4. The maximum absolute atomic E-state index is 12.8. The summed E-state index contributed by atoms with van der Waals surface area (Å²) in [6.07, 6.45) is 7.58. The van der Waals surface area contributed by atoms with Crippen molar-refractivity contribution < 1.29 is 14.4 Å². The summed E-state index contributed by atoms with van der Waals surface area (Å²) >= 11 is 0. The van der Waals surface area contributed by atoms with Crippen LogP contribution in [0.5, 0.6) is 0 Å². The summed E-state index contributed by atoms with van der Waals surface area (Å²) < 4.78 is 0. The van der Waals surface area contributed by atoms with Crippen molar-refractivity contribution in [1.82, 2.24) is 20.5 Å². The van der Waals surface area contributed by atoms with Gasteiger partial charge in [0.1, 0.15) is 12.1 Å². The molecule has 0 atom stereocenters. The number of aromatic nitrogens is 1. The number of nitrogens with zero attached hydrogens (tertiary/aromatic N) is 2. The first-order chi connectivity index (χ1) is 12.0. The van der Waals surface area contributed by atoms with E-state index in [1.54, 1.807) is 24.5 Å². The van der Waals surface area contributed by atoms with Crippen molar-refractivity contribution in [1.29, 1.82) is 0 Å². The lowest BCUT2D eigenvalue weighted by atomic mass is 9.75. The van der Waals surface area contributed by atoms with Crippen molar-refractivity contribution in [3.8, 4) is 0 Å². The fourth-order valence-corrected chi connectivity index (χ4v) is 3.64. The van der Waals surface area contributed by atoms with Crippen LogP contribution < -0.4 is 10.6 Å². The molecule has 1 saturated carbocycles. The highest BCUT2D eigenvalue weighted by atomic mass is 16.2. The van der Waals surface area contributed by atoms with E-state index in [2.05, 4.69) is 22.5 Å². The zero-order chi connectivity index (χ0) is 17.9. The Morgan fingerprint density at radius 1 is 1.32 bits per heavy atom. The Bertz CT molecular complexity index is 654. The van der Waals surface area contributed by atoms with Crippen LogP contribution in [0.1, 0.15) is 44.6 Å². The molecule has 4 amide bonds. The van der Waals surface area contributed by atoms with Crippen LogP contribution in [0.4, 0.5) is 4.79 Å². The van der Waals surface area contributed by atoms with Gasteiger partial charge < -0.3 is 10.6 Å². The second-order valence-corrected chi connectivity index (χ2v) is 6.89. The number of imide groups is 1. The first-order valence-electron chi connectivity index (χ1n) is 8.84. The number of urea groups is 1. The summed E-state index contributed by atoms with van der Waals surface area (Å²) in [6.45, 7) is 2.25. The largest absolute Gasteiger partial charge is 0.350 e. The molecule has 1 spiro atoms. The lowest BCUT2D eigenvalue weighted by Gasteiger charge is -2.34. The van der Waals surface area contributed by atoms with Crippen LogP contribution in [-0.4, -0.2) is 39.8 Å². The summed E-state index contributed by atoms with van der Waals surface area (Å²) in [5.41, 5.74) is 0.114. The molecule has 3 rings (SSSR count). The van der Waals surface area contributed by atoms with Gasteiger partial charge in [-0.1, -0.05) is 13.3 Å². The number of carbonyl (C=O) groups is 3. The highest BCUT2D eigenvalue weighted by Crippen LogP contribution is 2.37. The Labute approximate surface area is 147 Å². The van der Waals surface area contributed by atoms with Crippen LogP contribution in [0, 0.1) is 5.92 Å². The Kier molecular flexibility index (Phi) is 5.01. The number of carbonyl (C=O) groups excluding carboxylic acids is 3. The van der Waals surface area contributed by atoms with Gasteiger partial charge in [-0.2, -0.15) is 0 Å². The van der Waals surface area contributed by atoms with Gasteiger partial charge in [0.25, 0.3) is 5.91 Å². The molecular weight excluding hydrogens is 320 g/mol. The third-order valence-corrected chi connectivity index (χ3v) is 5.32. The van der Waals surface area contributed by atoms with E-state index in [0.29, 0.717) is 25.3 Å². The molecule has 25 heavy (non-hydrogen) atoms. The van der Waals surface area contributed by atoms with Crippen LogP contribution in [0.2, 0.25) is 0 Å². The molecule has 2 fully saturated rings. The van der Waals surface area contributed by atoms with Gasteiger partial charge in [0, 0.05) is 18.9 Å². The SMILES string of the molecule is CCC1CCC2(CC1)NC(=O)N(CC(=O)NCc1ccncc1)C2=O. The van der Waals surface area contributed by atoms with Crippen LogP contribution in [0.3, 0.4) is 0 Å². The van der Waals surface area contributed by atoms with E-state index < -0.39 is 11.6 Å². The number of rotatable bonds is 5. The number of pyridine rings is 1. The first-order valence-corrected chi connectivity index (χ1v) is 8.84. The zero-order valence-electron chi connectivity index (χ0n) is 14.5. The van der Waals surface area contributed by atoms with Gasteiger partial charge in [0.2, 0.25) is 5.91 Å². The van der Waals surface area contributed by atoms with Crippen LogP contribution in [0.25, 0.3) is 0 Å². The van der Waals surface area contributed by atoms with Crippen LogP contribution >= 0.6 is 0 Å². The molecule has 0 radical (unpaired) electrons. The van der Waals surface area contributed by atoms with Gasteiger partial charge in [-0.15, -0.1) is 0 Å². The fourth-order valence-electron chi connectivity index (χ4n) is 3.64. The summed E-state index contributed by atoms with van der Waals surface area (Å²) in [6, 6.07) is 3.14. The predicted octanol–water partition coefficient (Wildman–Crippen LogP) is 1.59. The average molecular weight is 344 g/mol. The average Bonchev–Trinajstić information content (AvgIpc) is 2.86. The van der Waals surface area contributed by atoms with Crippen molar-refractivity contribution >= 4 is 17.8 Å². The van der Waals surface area contributed by atoms with E-state index >= 15 is 0 Å². The second kappa shape index (κ2) is 7.21. The maximum Gasteiger partial charge on any atom is 0.325 e. The molecule has 1 aromatic rings. The quantitative estimate of drug-likeness (QED) is 0.794. The zero-order valence-corrected chi connectivity index (χ0v) is 14.5. The van der Waals surface area contributed by atoms with Crippen molar-refractivity contribution in [2.45, 2.75) is 51.1 Å². The minimum atomic E-state index is -0.797. The summed E-state index contributed by atoms with van der Waals surface area (Å²) in [5.74, 6) is 0.0127. The third-order valence-electron chi connectivity index (χ3n) is 5.32. The molecule has 1 saturated heterocycles. The third kappa shape index (κ3) is 3.65. The Balaban J connectivity index is 1.56. The lowest BCUT2D eigenvalue weighted by Crippen LogP contribution is -2.50. The summed E-state index contributed by atoms with van der Waals surface area (Å²) in [7, 11) is 0. The van der Waals surface area contributed by atoms with Crippen molar-refractivity contribution in [3.63, 3.8) is 0 Å². The fraction of sp³-hybridized carbons (Fsp3) is 0.556. The molecule has 7 heteroatoms. The molecule has 2 heterocycles. The molecule has 1 aliphatic heterocycles. The monoisotopic (exact) mass is 344 g/mol. The number of hydrogen-bond donors (Lipinski definition) is 2. The van der Waals surface area contributed by atoms with E-state index in [0.717, 1.165) is 29.7 Å². The Hall–Kier alpha value is -2.44. The van der Waals surface area contributed by atoms with E-state index in [-0.39, 0.29) is 18.4 Å². The summed E-state index contributed by atoms with van der Waals surface area (Å²) in [5, 5.41) is 5.58. The van der Waals surface area contributed by atoms with Gasteiger partial charge in [0.05, 0.1) is 0 Å². The van der Waals surface area contributed by atoms with Gasteiger partial charge in [-0.25, -0.2) is 4.79 Å². The molecule has 0 aromatic carbocycles. The van der Waals surface area contributed by atoms with Gasteiger partial charge >= 0.3 is 6.03 Å². The molecule has 7 nitrogen and oxygen atoms in total. The van der Waals surface area contributed by atoms with E-state index in [1.807, 2.05) is 0 Å². The molecule has 1 aliphatic carbocycles. The van der Waals surface area contributed by atoms with Gasteiger partial charge in [-0.05, 0) is 49.3 Å². The molecule has 134 valence electrons. The Morgan fingerprint density at radius 2 is 2.00 bits per heavy atom. The topological polar surface area (TPSA) is 91.4 Å². The van der Waals surface area contributed by atoms with Crippen molar-refractivity contribution in [3.05, 3.63) is 30.1 Å². The Morgan fingerprint density at radius 3 is 2.64 bits per heavy atom. The highest BCUT2D eigenvalue weighted by molar-refractivity contribution is 6.09. The molecule has 2 N–H and O–H groups in total. The van der Waals surface area contributed by atoms with Crippen molar-refractivity contribution in [2.24, 2.45) is 5.92 Å². The predicted molar refractivity (Wildman–Crippen MR) is 91.3 cm³/mol. The highest BCUT2D eigenvalue weighted by Gasteiger charge is 2.52. The smallest absolute Gasteiger partial charge is 0.325 e. The van der Waals surface area contributed by atoms with E-state index in [1.165, 1.54) is 0 Å². The van der Waals surface area contributed by atoms with Crippen LogP contribution in [-0.2, 0) is 16.1 Å². The van der Waals surface area contributed by atoms with Gasteiger partial charge in [0.15, 0.2) is 0 Å². The van der Waals surface area contributed by atoms with Crippen LogP contribution in [0.15, 0.2) is 24.5 Å². The lowest BCUT2D eigenvalue weighted by molar-refractivity contribution is -0.136. The number of nitrogens with one attached hydrogen (secondary N) is 2.